The highest BCUT2D eigenvalue weighted by Gasteiger charge is 2.15. The first-order chi connectivity index (χ1) is 14.5. The summed E-state index contributed by atoms with van der Waals surface area (Å²) in [5.41, 5.74) is 3.04. The van der Waals surface area contributed by atoms with Gasteiger partial charge < -0.3 is 19.7 Å². The number of piperazine rings is 1. The van der Waals surface area contributed by atoms with Crippen LogP contribution in [0.2, 0.25) is 0 Å². The molecule has 2 heterocycles. The maximum atomic E-state index is 12.6. The van der Waals surface area contributed by atoms with Gasteiger partial charge >= 0.3 is 0 Å². The average molecular weight is 405 g/mol. The van der Waals surface area contributed by atoms with Crippen molar-refractivity contribution in [3.63, 3.8) is 0 Å². The number of rotatable bonds is 5. The van der Waals surface area contributed by atoms with Gasteiger partial charge in [-0.2, -0.15) is 0 Å². The van der Waals surface area contributed by atoms with Crippen LogP contribution in [0.15, 0.2) is 65.6 Å². The van der Waals surface area contributed by atoms with E-state index < -0.39 is 0 Å². The lowest BCUT2D eigenvalue weighted by Crippen LogP contribution is -2.44. The summed E-state index contributed by atoms with van der Waals surface area (Å²) < 4.78 is 1.81. The van der Waals surface area contributed by atoms with Gasteiger partial charge in [-0.15, -0.1) is 0 Å². The minimum Gasteiger partial charge on any atom is -0.369 e. The van der Waals surface area contributed by atoms with Gasteiger partial charge in [0.25, 0.3) is 0 Å². The molecule has 6 nitrogen and oxygen atoms in total. The molecule has 0 saturated carbocycles. The van der Waals surface area contributed by atoms with Crippen LogP contribution in [0.5, 0.6) is 0 Å². The SMILES string of the molecule is CC(NC(=O)Cn1ccc(=O)c2ccccc21)c1ccc(N2CCN(C)CC2)cc1. The van der Waals surface area contributed by atoms with Crippen LogP contribution >= 0.6 is 0 Å². The standard InChI is InChI=1S/C24H28N4O2/c1-18(19-7-9-20(10-8-19)27-15-13-26(2)14-16-27)25-24(30)17-28-12-11-23(29)21-5-3-4-6-22(21)28/h3-12,18H,13-17H2,1-2H3,(H,25,30). The van der Waals surface area contributed by atoms with Gasteiger partial charge in [0.05, 0.1) is 11.6 Å². The molecular weight excluding hydrogens is 376 g/mol. The Morgan fingerprint density at radius 3 is 2.43 bits per heavy atom. The van der Waals surface area contributed by atoms with Crippen molar-refractivity contribution in [2.45, 2.75) is 19.5 Å². The third-order valence-corrected chi connectivity index (χ3v) is 5.84. The largest absolute Gasteiger partial charge is 0.369 e. The van der Waals surface area contributed by atoms with Gasteiger partial charge in [-0.25, -0.2) is 0 Å². The maximum Gasteiger partial charge on any atom is 0.240 e. The molecule has 1 saturated heterocycles. The Kier molecular flexibility index (Phi) is 5.86. The molecule has 1 atom stereocenters. The van der Waals surface area contributed by atoms with E-state index in [0.717, 1.165) is 37.3 Å². The second-order valence-electron chi connectivity index (χ2n) is 8.00. The fourth-order valence-corrected chi connectivity index (χ4v) is 3.96. The molecule has 4 rings (SSSR count). The molecule has 1 amide bonds. The number of fused-ring (bicyclic) bond motifs is 1. The highest BCUT2D eigenvalue weighted by atomic mass is 16.2. The Labute approximate surface area is 176 Å². The number of carbonyl (C=O) groups is 1. The van der Waals surface area contributed by atoms with Crippen LogP contribution in [-0.4, -0.2) is 48.6 Å². The third-order valence-electron chi connectivity index (χ3n) is 5.84. The van der Waals surface area contributed by atoms with Crippen molar-refractivity contribution in [3.05, 3.63) is 76.6 Å². The topological polar surface area (TPSA) is 57.6 Å². The van der Waals surface area contributed by atoms with Crippen molar-refractivity contribution in [1.82, 2.24) is 14.8 Å². The minimum atomic E-state index is -0.0929. The fourth-order valence-electron chi connectivity index (χ4n) is 3.96. The molecule has 1 aliphatic rings. The van der Waals surface area contributed by atoms with Crippen LogP contribution < -0.4 is 15.6 Å². The number of aromatic nitrogens is 1. The van der Waals surface area contributed by atoms with E-state index in [9.17, 15) is 9.59 Å². The Morgan fingerprint density at radius 1 is 1.00 bits per heavy atom. The van der Waals surface area contributed by atoms with Crippen LogP contribution in [0.25, 0.3) is 10.9 Å². The van der Waals surface area contributed by atoms with Gasteiger partial charge in [-0.05, 0) is 43.8 Å². The second kappa shape index (κ2) is 8.71. The van der Waals surface area contributed by atoms with Crippen LogP contribution in [0.3, 0.4) is 0 Å². The van der Waals surface area contributed by atoms with Crippen molar-refractivity contribution in [2.24, 2.45) is 0 Å². The van der Waals surface area contributed by atoms with Crippen LogP contribution in [0.1, 0.15) is 18.5 Å². The summed E-state index contributed by atoms with van der Waals surface area (Å²) in [6.07, 6.45) is 1.68. The predicted molar refractivity (Wildman–Crippen MR) is 121 cm³/mol. The quantitative estimate of drug-likeness (QED) is 0.710. The highest BCUT2D eigenvalue weighted by Crippen LogP contribution is 2.20. The average Bonchev–Trinajstić information content (AvgIpc) is 2.76. The van der Waals surface area contributed by atoms with Gasteiger partial charge in [0, 0.05) is 49.5 Å². The summed E-state index contributed by atoms with van der Waals surface area (Å²) >= 11 is 0. The van der Waals surface area contributed by atoms with E-state index in [2.05, 4.69) is 46.4 Å². The van der Waals surface area contributed by atoms with Gasteiger partial charge in [0.15, 0.2) is 5.43 Å². The number of benzene rings is 2. The molecule has 1 aromatic heterocycles. The smallest absolute Gasteiger partial charge is 0.240 e. The number of nitrogens with zero attached hydrogens (tertiary/aromatic N) is 3. The molecule has 1 fully saturated rings. The maximum absolute atomic E-state index is 12.6. The normalized spacial score (nSPS) is 15.9. The molecule has 0 bridgehead atoms. The van der Waals surface area contributed by atoms with Crippen molar-refractivity contribution in [2.75, 3.05) is 38.1 Å². The number of likely N-dealkylation sites (N-methyl/N-ethyl adjacent to an activating group) is 1. The van der Waals surface area contributed by atoms with Gasteiger partial charge in [-0.1, -0.05) is 24.3 Å². The van der Waals surface area contributed by atoms with E-state index in [1.807, 2.05) is 29.7 Å². The van der Waals surface area contributed by atoms with Crippen molar-refractivity contribution < 1.29 is 4.79 Å². The molecule has 1 unspecified atom stereocenters. The molecule has 156 valence electrons. The summed E-state index contributed by atoms with van der Waals surface area (Å²) in [5.74, 6) is -0.0838. The molecular formula is C24H28N4O2. The molecule has 0 radical (unpaired) electrons. The molecule has 2 aromatic carbocycles. The summed E-state index contributed by atoms with van der Waals surface area (Å²) in [5, 5.41) is 3.70. The van der Waals surface area contributed by atoms with E-state index in [1.165, 1.54) is 11.8 Å². The third kappa shape index (κ3) is 4.39. The Hall–Kier alpha value is -3.12. The predicted octanol–water partition coefficient (Wildman–Crippen LogP) is 2.63. The number of hydrogen-bond acceptors (Lipinski definition) is 4. The molecule has 1 N–H and O–H groups in total. The van der Waals surface area contributed by atoms with Crippen molar-refractivity contribution >= 4 is 22.5 Å². The number of pyridine rings is 1. The van der Waals surface area contributed by atoms with Crippen LogP contribution in [0, 0.1) is 0 Å². The van der Waals surface area contributed by atoms with E-state index in [0.29, 0.717) is 5.39 Å². The summed E-state index contributed by atoms with van der Waals surface area (Å²) in [6.45, 7) is 6.39. The number of carbonyl (C=O) groups excluding carboxylic acids is 1. The first-order valence-electron chi connectivity index (χ1n) is 10.4. The first kappa shape index (κ1) is 20.2. The lowest BCUT2D eigenvalue weighted by molar-refractivity contribution is -0.122. The lowest BCUT2D eigenvalue weighted by Gasteiger charge is -2.34. The van der Waals surface area contributed by atoms with E-state index in [1.54, 1.807) is 12.3 Å². The van der Waals surface area contributed by atoms with E-state index >= 15 is 0 Å². The number of para-hydroxylation sites is 1. The van der Waals surface area contributed by atoms with E-state index in [-0.39, 0.29) is 23.9 Å². The van der Waals surface area contributed by atoms with Crippen molar-refractivity contribution in [1.29, 1.82) is 0 Å². The molecule has 30 heavy (non-hydrogen) atoms. The molecule has 0 aliphatic carbocycles. The number of nitrogens with one attached hydrogen (secondary N) is 1. The Morgan fingerprint density at radius 2 is 1.70 bits per heavy atom. The number of anilines is 1. The zero-order valence-electron chi connectivity index (χ0n) is 17.5. The van der Waals surface area contributed by atoms with Crippen LogP contribution in [0.4, 0.5) is 5.69 Å². The first-order valence-corrected chi connectivity index (χ1v) is 10.4. The van der Waals surface area contributed by atoms with Gasteiger partial charge in [0.1, 0.15) is 6.54 Å². The fraction of sp³-hybridized carbons (Fsp3) is 0.333. The molecule has 6 heteroatoms. The molecule has 3 aromatic rings. The minimum absolute atomic E-state index is 0.0314. The number of amides is 1. The number of hydrogen-bond donors (Lipinski definition) is 1. The van der Waals surface area contributed by atoms with Crippen LogP contribution in [-0.2, 0) is 11.3 Å². The zero-order chi connectivity index (χ0) is 21.1. The summed E-state index contributed by atoms with van der Waals surface area (Å²) in [6, 6.07) is 17.2. The Balaban J connectivity index is 1.40. The molecule has 1 aliphatic heterocycles. The Bertz CT molecular complexity index is 1080. The summed E-state index contributed by atoms with van der Waals surface area (Å²) in [7, 11) is 2.15. The van der Waals surface area contributed by atoms with E-state index in [4.69, 9.17) is 0 Å². The van der Waals surface area contributed by atoms with Crippen molar-refractivity contribution in [3.8, 4) is 0 Å². The highest BCUT2D eigenvalue weighted by molar-refractivity contribution is 5.82. The monoisotopic (exact) mass is 404 g/mol. The van der Waals surface area contributed by atoms with Gasteiger partial charge in [0.2, 0.25) is 5.91 Å². The van der Waals surface area contributed by atoms with Gasteiger partial charge in [-0.3, -0.25) is 9.59 Å². The lowest BCUT2D eigenvalue weighted by atomic mass is 10.1. The zero-order valence-corrected chi connectivity index (χ0v) is 17.5. The second-order valence-corrected chi connectivity index (χ2v) is 8.00. The molecule has 0 spiro atoms. The summed E-state index contributed by atoms with van der Waals surface area (Å²) in [4.78, 5) is 29.4.